The number of carbonyl (C=O) groups excluding carboxylic acids is 1. The second-order valence-electron chi connectivity index (χ2n) is 10.4. The van der Waals surface area contributed by atoms with E-state index < -0.39 is 0 Å². The van der Waals surface area contributed by atoms with E-state index in [9.17, 15) is 4.79 Å². The maximum absolute atomic E-state index is 12.3. The zero-order valence-corrected chi connectivity index (χ0v) is 25.1. The quantitative estimate of drug-likeness (QED) is 0.142. The molecule has 0 bridgehead atoms. The summed E-state index contributed by atoms with van der Waals surface area (Å²) in [5.41, 5.74) is 12.0. The van der Waals surface area contributed by atoms with Gasteiger partial charge in [0.05, 0.1) is 7.11 Å². The van der Waals surface area contributed by atoms with E-state index in [1.54, 1.807) is 31.4 Å². The van der Waals surface area contributed by atoms with Gasteiger partial charge in [0.2, 0.25) is 13.6 Å². The molecule has 5 aromatic carbocycles. The number of nitrogens with two attached hydrogens (primary N) is 1. The Morgan fingerprint density at radius 2 is 1.07 bits per heavy atom. The Balaban J connectivity index is 0.000000178. The molecule has 1 amide bonds. The van der Waals surface area contributed by atoms with Crippen LogP contribution < -0.4 is 34.7 Å². The Kier molecular flexibility index (Phi) is 9.16. The van der Waals surface area contributed by atoms with Crippen LogP contribution in [0.25, 0.3) is 24.3 Å². The van der Waals surface area contributed by atoms with E-state index in [1.807, 2.05) is 109 Å². The van der Waals surface area contributed by atoms with E-state index in [0.717, 1.165) is 62.4 Å². The first-order valence-corrected chi connectivity index (χ1v) is 14.6. The average molecular weight is 613 g/mol. The van der Waals surface area contributed by atoms with Crippen molar-refractivity contribution in [2.75, 3.05) is 31.7 Å². The lowest BCUT2D eigenvalue weighted by Crippen LogP contribution is -2.11. The van der Waals surface area contributed by atoms with E-state index in [2.05, 4.69) is 5.32 Å². The van der Waals surface area contributed by atoms with Crippen molar-refractivity contribution in [2.24, 2.45) is 0 Å². The van der Waals surface area contributed by atoms with Gasteiger partial charge in [-0.05, 0) is 95.1 Å². The highest BCUT2D eigenvalue weighted by Crippen LogP contribution is 2.34. The highest BCUT2D eigenvalue weighted by molar-refractivity contribution is 6.04. The molecule has 8 heteroatoms. The molecule has 0 atom stereocenters. The molecule has 0 aliphatic carbocycles. The molecular formula is C38H32N2O6. The fourth-order valence-electron chi connectivity index (χ4n) is 4.65. The molecule has 5 aromatic rings. The maximum Gasteiger partial charge on any atom is 0.255 e. The molecule has 2 aliphatic heterocycles. The van der Waals surface area contributed by atoms with E-state index in [0.29, 0.717) is 12.4 Å². The normalized spacial score (nSPS) is 12.5. The fourth-order valence-corrected chi connectivity index (χ4v) is 4.65. The molecule has 0 fully saturated rings. The van der Waals surface area contributed by atoms with Crippen LogP contribution in [0.2, 0.25) is 0 Å². The molecule has 0 radical (unpaired) electrons. The summed E-state index contributed by atoms with van der Waals surface area (Å²) < 4.78 is 26.4. The minimum Gasteiger partial charge on any atom is -0.497 e. The summed E-state index contributed by atoms with van der Waals surface area (Å²) in [6.07, 6.45) is 8.09. The van der Waals surface area contributed by atoms with Crippen molar-refractivity contribution in [1.82, 2.24) is 0 Å². The lowest BCUT2D eigenvalue weighted by molar-refractivity contribution is 0.102. The van der Waals surface area contributed by atoms with E-state index >= 15 is 0 Å². The zero-order chi connectivity index (χ0) is 31.7. The summed E-state index contributed by atoms with van der Waals surface area (Å²) in [5.74, 6) is 3.70. The largest absolute Gasteiger partial charge is 0.497 e. The van der Waals surface area contributed by atoms with Gasteiger partial charge in [0.15, 0.2) is 23.0 Å². The first-order valence-electron chi connectivity index (χ1n) is 14.6. The lowest BCUT2D eigenvalue weighted by atomic mass is 10.1. The number of amides is 1. The van der Waals surface area contributed by atoms with E-state index in [-0.39, 0.29) is 12.7 Å². The molecule has 7 rings (SSSR count). The van der Waals surface area contributed by atoms with Gasteiger partial charge in [-0.15, -0.1) is 0 Å². The van der Waals surface area contributed by atoms with Gasteiger partial charge in [0, 0.05) is 16.9 Å². The van der Waals surface area contributed by atoms with Gasteiger partial charge in [-0.2, -0.15) is 0 Å². The Morgan fingerprint density at radius 3 is 1.59 bits per heavy atom. The molecule has 2 aliphatic rings. The SMILES string of the molecule is COc1ccc(C(=O)Nc2ccc(/C=C/c3ccc4c(c3)OCO4)cc2)cc1.Nc1ccc(/C=C/c2ccc3c(c2)OCO3)cc1. The molecule has 230 valence electrons. The Labute approximate surface area is 267 Å². The Hall–Kier alpha value is -6.15. The van der Waals surface area contributed by atoms with Crippen LogP contribution in [0.3, 0.4) is 0 Å². The van der Waals surface area contributed by atoms with Gasteiger partial charge in [0.25, 0.3) is 5.91 Å². The van der Waals surface area contributed by atoms with Crippen molar-refractivity contribution in [3.8, 4) is 28.7 Å². The van der Waals surface area contributed by atoms with Crippen LogP contribution in [-0.4, -0.2) is 26.6 Å². The highest BCUT2D eigenvalue weighted by atomic mass is 16.7. The number of anilines is 2. The second-order valence-corrected chi connectivity index (χ2v) is 10.4. The van der Waals surface area contributed by atoms with E-state index in [1.165, 1.54) is 0 Å². The second kappa shape index (κ2) is 14.1. The highest BCUT2D eigenvalue weighted by Gasteiger charge is 2.13. The number of fused-ring (bicyclic) bond motifs is 2. The Morgan fingerprint density at radius 1 is 0.609 bits per heavy atom. The van der Waals surface area contributed by atoms with Crippen LogP contribution in [0.4, 0.5) is 11.4 Å². The van der Waals surface area contributed by atoms with Crippen molar-refractivity contribution in [3.05, 3.63) is 137 Å². The average Bonchev–Trinajstić information content (AvgIpc) is 3.77. The van der Waals surface area contributed by atoms with Crippen LogP contribution in [-0.2, 0) is 0 Å². The molecule has 0 saturated carbocycles. The number of nitrogens with one attached hydrogen (secondary N) is 1. The zero-order valence-electron chi connectivity index (χ0n) is 25.1. The maximum atomic E-state index is 12.3. The molecule has 0 unspecified atom stereocenters. The fraction of sp³-hybridized carbons (Fsp3) is 0.0789. The van der Waals surface area contributed by atoms with Crippen molar-refractivity contribution in [1.29, 1.82) is 0 Å². The van der Waals surface area contributed by atoms with Gasteiger partial charge in [-0.25, -0.2) is 0 Å². The molecule has 0 saturated heterocycles. The lowest BCUT2D eigenvalue weighted by Gasteiger charge is -2.06. The molecule has 0 spiro atoms. The number of nitrogen functional groups attached to an aromatic ring is 1. The third-order valence-corrected chi connectivity index (χ3v) is 7.19. The first kappa shape index (κ1) is 29.9. The number of rotatable bonds is 7. The molecule has 0 aromatic heterocycles. The van der Waals surface area contributed by atoms with Crippen molar-refractivity contribution in [3.63, 3.8) is 0 Å². The first-order chi connectivity index (χ1) is 22.5. The molecule has 2 heterocycles. The summed E-state index contributed by atoms with van der Waals surface area (Å²) in [4.78, 5) is 12.3. The number of methoxy groups -OCH3 is 1. The van der Waals surface area contributed by atoms with Gasteiger partial charge in [-0.3, -0.25) is 4.79 Å². The van der Waals surface area contributed by atoms with Gasteiger partial charge in [0.1, 0.15) is 5.75 Å². The third kappa shape index (κ3) is 7.67. The summed E-state index contributed by atoms with van der Waals surface area (Å²) in [6, 6.07) is 34.1. The molecule has 46 heavy (non-hydrogen) atoms. The van der Waals surface area contributed by atoms with E-state index in [4.69, 9.17) is 29.4 Å². The topological polar surface area (TPSA) is 101 Å². The smallest absolute Gasteiger partial charge is 0.255 e. The van der Waals surface area contributed by atoms with Crippen molar-refractivity contribution >= 4 is 41.6 Å². The summed E-state index contributed by atoms with van der Waals surface area (Å²) in [6.45, 7) is 0.576. The van der Waals surface area contributed by atoms with Crippen LogP contribution in [0.15, 0.2) is 109 Å². The monoisotopic (exact) mass is 612 g/mol. The number of carbonyl (C=O) groups is 1. The minimum absolute atomic E-state index is 0.161. The Bertz CT molecular complexity index is 1860. The summed E-state index contributed by atoms with van der Waals surface area (Å²) in [5, 5.41) is 2.89. The molecular weight excluding hydrogens is 580 g/mol. The number of benzene rings is 5. The van der Waals surface area contributed by atoms with Crippen LogP contribution >= 0.6 is 0 Å². The summed E-state index contributed by atoms with van der Waals surface area (Å²) >= 11 is 0. The third-order valence-electron chi connectivity index (χ3n) is 7.19. The predicted octanol–water partition coefficient (Wildman–Crippen LogP) is 8.01. The number of hydrogen-bond acceptors (Lipinski definition) is 7. The molecule has 8 nitrogen and oxygen atoms in total. The number of ether oxygens (including phenoxy) is 5. The predicted molar refractivity (Wildman–Crippen MR) is 181 cm³/mol. The number of hydrogen-bond donors (Lipinski definition) is 2. The standard InChI is InChI=1S/C23H19NO4.C15H13NO2/c1-26-20-11-7-18(8-12-20)23(25)24-19-9-4-16(5-10-19)2-3-17-6-13-21-22(14-17)28-15-27-21;16-13-6-3-11(4-7-13)1-2-12-5-8-14-15(9-12)18-10-17-14/h2-14H,15H2,1H3,(H,24,25);1-9H,10,16H2/b3-2+;2-1+. The van der Waals surface area contributed by atoms with Gasteiger partial charge >= 0.3 is 0 Å². The molecule has 3 N–H and O–H groups in total. The van der Waals surface area contributed by atoms with Gasteiger partial charge < -0.3 is 34.7 Å². The summed E-state index contributed by atoms with van der Waals surface area (Å²) in [7, 11) is 1.59. The van der Waals surface area contributed by atoms with Crippen LogP contribution in [0, 0.1) is 0 Å². The van der Waals surface area contributed by atoms with Crippen molar-refractivity contribution < 1.29 is 28.5 Å². The van der Waals surface area contributed by atoms with Crippen molar-refractivity contribution in [2.45, 2.75) is 0 Å². The minimum atomic E-state index is -0.161. The van der Waals surface area contributed by atoms with Crippen LogP contribution in [0.1, 0.15) is 32.6 Å². The van der Waals surface area contributed by atoms with Crippen LogP contribution in [0.5, 0.6) is 28.7 Å². The van der Waals surface area contributed by atoms with Gasteiger partial charge in [-0.1, -0.05) is 60.7 Å².